The molecule has 0 atom stereocenters. The predicted octanol–water partition coefficient (Wildman–Crippen LogP) is 2.64. The van der Waals surface area contributed by atoms with Gasteiger partial charge >= 0.3 is 5.97 Å². The summed E-state index contributed by atoms with van der Waals surface area (Å²) in [6, 6.07) is 17.9. The Hall–Kier alpha value is -4.93. The number of hydrogen-bond acceptors (Lipinski definition) is 9. The van der Waals surface area contributed by atoms with Crippen LogP contribution in [0, 0.1) is 0 Å². The number of esters is 1. The van der Waals surface area contributed by atoms with Crippen LogP contribution in [0.3, 0.4) is 0 Å². The van der Waals surface area contributed by atoms with Gasteiger partial charge in [-0.2, -0.15) is 4.68 Å². The molecule has 1 amide bonds. The summed E-state index contributed by atoms with van der Waals surface area (Å²) in [6.07, 6.45) is 0. The molecule has 0 radical (unpaired) electrons. The maximum atomic E-state index is 12.5. The fourth-order valence-electron chi connectivity index (χ4n) is 3.24. The standard InChI is InChI=1S/C25H22N4O7/c1-33-18-10-8-17(9-11-18)26-23(30)14-35-21-12-7-16(13-22(21)34-2)25(32)36-15-29-24(31)19-5-3-4-6-20(19)27-28-29/h3-13H,14-15H2,1-2H3,(H,26,30). The Labute approximate surface area is 205 Å². The first-order valence-electron chi connectivity index (χ1n) is 10.7. The van der Waals surface area contributed by atoms with Crippen LogP contribution in [0.5, 0.6) is 17.2 Å². The molecule has 0 saturated carbocycles. The molecule has 0 aliphatic rings. The Bertz CT molecular complexity index is 1450. The topological polar surface area (TPSA) is 131 Å². The average molecular weight is 490 g/mol. The predicted molar refractivity (Wildman–Crippen MR) is 129 cm³/mol. The number of benzene rings is 3. The van der Waals surface area contributed by atoms with E-state index in [1.165, 1.54) is 25.3 Å². The van der Waals surface area contributed by atoms with Crippen molar-refractivity contribution in [1.29, 1.82) is 0 Å². The Morgan fingerprint density at radius 1 is 0.944 bits per heavy atom. The zero-order valence-corrected chi connectivity index (χ0v) is 19.5. The summed E-state index contributed by atoms with van der Waals surface area (Å²) in [4.78, 5) is 37.2. The van der Waals surface area contributed by atoms with Crippen molar-refractivity contribution in [2.24, 2.45) is 0 Å². The van der Waals surface area contributed by atoms with Gasteiger partial charge < -0.3 is 24.3 Å². The number of carbonyl (C=O) groups excluding carboxylic acids is 2. The highest BCUT2D eigenvalue weighted by Gasteiger charge is 2.15. The van der Waals surface area contributed by atoms with Crippen molar-refractivity contribution in [2.45, 2.75) is 6.73 Å². The number of nitrogens with one attached hydrogen (secondary N) is 1. The summed E-state index contributed by atoms with van der Waals surface area (Å²) in [6.45, 7) is -0.697. The molecular formula is C25H22N4O7. The third-order valence-corrected chi connectivity index (χ3v) is 5.08. The summed E-state index contributed by atoms with van der Waals surface area (Å²) in [5.74, 6) is 0.0661. The summed E-state index contributed by atoms with van der Waals surface area (Å²) in [5.41, 5.74) is 0.763. The monoisotopic (exact) mass is 490 g/mol. The van der Waals surface area contributed by atoms with Crippen LogP contribution in [0.1, 0.15) is 10.4 Å². The van der Waals surface area contributed by atoms with Crippen molar-refractivity contribution in [3.05, 3.63) is 82.6 Å². The van der Waals surface area contributed by atoms with Crippen LogP contribution in [-0.2, 0) is 16.3 Å². The number of fused-ring (bicyclic) bond motifs is 1. The van der Waals surface area contributed by atoms with Crippen molar-refractivity contribution in [3.63, 3.8) is 0 Å². The number of carbonyl (C=O) groups is 2. The normalized spacial score (nSPS) is 10.5. The molecule has 1 aromatic heterocycles. The first kappa shape index (κ1) is 24.2. The Kier molecular flexibility index (Phi) is 7.39. The van der Waals surface area contributed by atoms with Gasteiger partial charge in [-0.1, -0.05) is 17.3 Å². The Morgan fingerprint density at radius 2 is 1.72 bits per heavy atom. The van der Waals surface area contributed by atoms with Gasteiger partial charge in [-0.25, -0.2) is 4.79 Å². The molecule has 36 heavy (non-hydrogen) atoms. The van der Waals surface area contributed by atoms with E-state index in [1.54, 1.807) is 55.6 Å². The van der Waals surface area contributed by atoms with Gasteiger partial charge in [0.25, 0.3) is 11.5 Å². The van der Waals surface area contributed by atoms with E-state index in [0.29, 0.717) is 22.3 Å². The van der Waals surface area contributed by atoms with E-state index in [-0.39, 0.29) is 29.6 Å². The van der Waals surface area contributed by atoms with E-state index in [1.807, 2.05) is 0 Å². The number of ether oxygens (including phenoxy) is 4. The summed E-state index contributed by atoms with van der Waals surface area (Å²) < 4.78 is 22.1. The van der Waals surface area contributed by atoms with E-state index in [9.17, 15) is 14.4 Å². The van der Waals surface area contributed by atoms with Gasteiger partial charge in [-0.05, 0) is 54.6 Å². The molecular weight excluding hydrogens is 468 g/mol. The number of rotatable bonds is 9. The minimum atomic E-state index is -0.709. The van der Waals surface area contributed by atoms with Crippen molar-refractivity contribution >= 4 is 28.5 Å². The smallest absolute Gasteiger partial charge is 0.340 e. The second-order valence-electron chi connectivity index (χ2n) is 7.40. The molecule has 0 aliphatic heterocycles. The second kappa shape index (κ2) is 11.0. The third kappa shape index (κ3) is 5.58. The van der Waals surface area contributed by atoms with E-state index in [4.69, 9.17) is 18.9 Å². The Morgan fingerprint density at radius 3 is 2.47 bits per heavy atom. The van der Waals surface area contributed by atoms with Gasteiger partial charge in [-0.3, -0.25) is 9.59 Å². The molecule has 0 saturated heterocycles. The summed E-state index contributed by atoms with van der Waals surface area (Å²) >= 11 is 0. The lowest BCUT2D eigenvalue weighted by Gasteiger charge is -2.12. The minimum Gasteiger partial charge on any atom is -0.497 e. The first-order chi connectivity index (χ1) is 17.5. The highest BCUT2D eigenvalue weighted by molar-refractivity contribution is 5.92. The zero-order valence-electron chi connectivity index (χ0n) is 19.5. The largest absolute Gasteiger partial charge is 0.497 e. The molecule has 11 nitrogen and oxygen atoms in total. The SMILES string of the molecule is COc1ccc(NC(=O)COc2ccc(C(=O)OCn3nnc4ccccc4c3=O)cc2OC)cc1. The second-order valence-corrected chi connectivity index (χ2v) is 7.40. The number of methoxy groups -OCH3 is 2. The molecule has 11 heteroatoms. The van der Waals surface area contributed by atoms with E-state index in [0.717, 1.165) is 4.68 Å². The van der Waals surface area contributed by atoms with Crippen LogP contribution >= 0.6 is 0 Å². The van der Waals surface area contributed by atoms with Crippen LogP contribution < -0.4 is 25.1 Å². The average Bonchev–Trinajstić information content (AvgIpc) is 2.91. The van der Waals surface area contributed by atoms with Crippen LogP contribution in [0.4, 0.5) is 5.69 Å². The quantitative estimate of drug-likeness (QED) is 0.352. The highest BCUT2D eigenvalue weighted by atomic mass is 16.5. The maximum absolute atomic E-state index is 12.5. The molecule has 3 aromatic carbocycles. The van der Waals surface area contributed by atoms with Gasteiger partial charge in [0.1, 0.15) is 11.3 Å². The van der Waals surface area contributed by atoms with Crippen LogP contribution in [0.25, 0.3) is 10.9 Å². The molecule has 0 fully saturated rings. The molecule has 0 unspecified atom stereocenters. The van der Waals surface area contributed by atoms with Gasteiger partial charge in [0, 0.05) is 5.69 Å². The number of hydrogen-bond donors (Lipinski definition) is 1. The molecule has 1 heterocycles. The minimum absolute atomic E-state index is 0.156. The fraction of sp³-hybridized carbons (Fsp3) is 0.160. The molecule has 0 spiro atoms. The number of aromatic nitrogens is 3. The molecule has 184 valence electrons. The number of anilines is 1. The Balaban J connectivity index is 1.36. The maximum Gasteiger partial charge on any atom is 0.340 e. The third-order valence-electron chi connectivity index (χ3n) is 5.08. The van der Waals surface area contributed by atoms with Gasteiger partial charge in [0.05, 0.1) is 25.2 Å². The molecule has 0 aliphatic carbocycles. The van der Waals surface area contributed by atoms with Crippen LogP contribution in [0.15, 0.2) is 71.5 Å². The lowest BCUT2D eigenvalue weighted by atomic mass is 10.2. The van der Waals surface area contributed by atoms with Crippen molar-refractivity contribution in [1.82, 2.24) is 15.0 Å². The molecule has 1 N–H and O–H groups in total. The molecule has 4 rings (SSSR count). The van der Waals surface area contributed by atoms with E-state index in [2.05, 4.69) is 15.6 Å². The lowest BCUT2D eigenvalue weighted by molar-refractivity contribution is -0.118. The number of nitrogens with zero attached hydrogens (tertiary/aromatic N) is 3. The lowest BCUT2D eigenvalue weighted by Crippen LogP contribution is -2.26. The highest BCUT2D eigenvalue weighted by Crippen LogP contribution is 2.28. The zero-order chi connectivity index (χ0) is 25.5. The fourth-order valence-corrected chi connectivity index (χ4v) is 3.24. The first-order valence-corrected chi connectivity index (χ1v) is 10.7. The van der Waals surface area contributed by atoms with E-state index < -0.39 is 18.3 Å². The van der Waals surface area contributed by atoms with Gasteiger partial charge in [0.15, 0.2) is 24.8 Å². The van der Waals surface area contributed by atoms with Crippen LogP contribution in [0.2, 0.25) is 0 Å². The number of amides is 1. The molecule has 0 bridgehead atoms. The molecule has 4 aromatic rings. The van der Waals surface area contributed by atoms with Gasteiger partial charge in [-0.15, -0.1) is 5.10 Å². The van der Waals surface area contributed by atoms with Crippen molar-refractivity contribution in [2.75, 3.05) is 26.1 Å². The van der Waals surface area contributed by atoms with Crippen molar-refractivity contribution < 1.29 is 28.5 Å². The summed E-state index contributed by atoms with van der Waals surface area (Å²) in [7, 11) is 2.96. The summed E-state index contributed by atoms with van der Waals surface area (Å²) in [5, 5.41) is 10.8. The van der Waals surface area contributed by atoms with E-state index >= 15 is 0 Å². The van der Waals surface area contributed by atoms with Crippen molar-refractivity contribution in [3.8, 4) is 17.2 Å². The van der Waals surface area contributed by atoms with Gasteiger partial charge in [0.2, 0.25) is 0 Å². The van der Waals surface area contributed by atoms with Crippen LogP contribution in [-0.4, -0.2) is 47.7 Å².